The fourth-order valence-corrected chi connectivity index (χ4v) is 3.30. The van der Waals surface area contributed by atoms with Gasteiger partial charge in [0.1, 0.15) is 13.7 Å². The summed E-state index contributed by atoms with van der Waals surface area (Å²) >= 11 is 0. The second-order valence-electron chi connectivity index (χ2n) is 6.81. The van der Waals surface area contributed by atoms with Crippen LogP contribution in [-0.2, 0) is 18.1 Å². The Balaban J connectivity index is 1.78. The van der Waals surface area contributed by atoms with Gasteiger partial charge in [0.05, 0.1) is 39.9 Å². The van der Waals surface area contributed by atoms with Crippen LogP contribution in [0.4, 0.5) is 17.6 Å². The number of hydrogen-bond donors (Lipinski definition) is 2. The SMILES string of the molecule is [B]C(O)(c1cc(F)cc(C(F)(F)F)c1)c1cc(-n2ncc3c2CCNC3=O)ccn1. The average molecular weight is 416 g/mol. The second kappa shape index (κ2) is 6.94. The lowest BCUT2D eigenvalue weighted by molar-refractivity contribution is -0.137. The first kappa shape index (κ1) is 20.1. The van der Waals surface area contributed by atoms with Crippen LogP contribution < -0.4 is 5.32 Å². The normalized spacial score (nSPS) is 16.0. The third kappa shape index (κ3) is 3.45. The van der Waals surface area contributed by atoms with Gasteiger partial charge in [0.25, 0.3) is 5.91 Å². The number of nitrogens with one attached hydrogen (secondary N) is 1. The van der Waals surface area contributed by atoms with Crippen molar-refractivity contribution in [1.29, 1.82) is 0 Å². The molecule has 3 aromatic rings. The van der Waals surface area contributed by atoms with Crippen molar-refractivity contribution in [1.82, 2.24) is 20.1 Å². The van der Waals surface area contributed by atoms with Crippen molar-refractivity contribution in [3.05, 3.63) is 76.6 Å². The molecular formula is C19H13BF4N4O2. The topological polar surface area (TPSA) is 80.0 Å². The van der Waals surface area contributed by atoms with Crippen molar-refractivity contribution in [3.8, 4) is 5.69 Å². The van der Waals surface area contributed by atoms with Crippen molar-refractivity contribution in [2.45, 2.75) is 18.1 Å². The fourth-order valence-electron chi connectivity index (χ4n) is 3.30. The third-order valence-electron chi connectivity index (χ3n) is 4.80. The van der Waals surface area contributed by atoms with E-state index in [1.165, 1.54) is 29.2 Å². The first-order chi connectivity index (χ1) is 14.1. The molecule has 30 heavy (non-hydrogen) atoms. The Morgan fingerprint density at radius 2 is 1.90 bits per heavy atom. The summed E-state index contributed by atoms with van der Waals surface area (Å²) in [6, 6.07) is 4.44. The number of nitrogens with zero attached hydrogens (tertiary/aromatic N) is 3. The first-order valence-electron chi connectivity index (χ1n) is 8.79. The summed E-state index contributed by atoms with van der Waals surface area (Å²) in [5.74, 6) is -1.47. The smallest absolute Gasteiger partial charge is 0.389 e. The van der Waals surface area contributed by atoms with Crippen molar-refractivity contribution >= 4 is 13.8 Å². The lowest BCUT2D eigenvalue weighted by Crippen LogP contribution is -2.32. The molecule has 1 aromatic carbocycles. The molecule has 0 fully saturated rings. The summed E-state index contributed by atoms with van der Waals surface area (Å²) in [4.78, 5) is 15.9. The molecule has 1 aliphatic heterocycles. The predicted molar refractivity (Wildman–Crippen MR) is 97.6 cm³/mol. The van der Waals surface area contributed by atoms with E-state index in [9.17, 15) is 27.5 Å². The number of carbonyl (C=O) groups is 1. The van der Waals surface area contributed by atoms with Crippen molar-refractivity contribution < 1.29 is 27.5 Å². The average Bonchev–Trinajstić information content (AvgIpc) is 3.12. The Morgan fingerprint density at radius 1 is 1.17 bits per heavy atom. The van der Waals surface area contributed by atoms with Gasteiger partial charge in [-0.2, -0.15) is 18.3 Å². The predicted octanol–water partition coefficient (Wildman–Crippen LogP) is 2.07. The fraction of sp³-hybridized carbons (Fsp3) is 0.211. The molecule has 1 atom stereocenters. The van der Waals surface area contributed by atoms with Gasteiger partial charge in [-0.15, -0.1) is 0 Å². The second-order valence-corrected chi connectivity index (χ2v) is 6.81. The number of benzene rings is 1. The molecule has 0 aliphatic carbocycles. The van der Waals surface area contributed by atoms with Gasteiger partial charge in [0, 0.05) is 19.2 Å². The van der Waals surface area contributed by atoms with Crippen molar-refractivity contribution in [2.24, 2.45) is 0 Å². The minimum absolute atomic E-state index is 0.219. The maximum atomic E-state index is 13.8. The van der Waals surface area contributed by atoms with Crippen molar-refractivity contribution in [3.63, 3.8) is 0 Å². The van der Waals surface area contributed by atoms with E-state index in [2.05, 4.69) is 15.4 Å². The van der Waals surface area contributed by atoms with Gasteiger partial charge in [-0.05, 0) is 35.9 Å². The Morgan fingerprint density at radius 3 is 2.63 bits per heavy atom. The maximum absolute atomic E-state index is 13.8. The molecule has 11 heteroatoms. The van der Waals surface area contributed by atoms with Gasteiger partial charge in [-0.25, -0.2) is 9.07 Å². The molecule has 152 valence electrons. The summed E-state index contributed by atoms with van der Waals surface area (Å²) in [5, 5.41) is 17.6. The zero-order valence-corrected chi connectivity index (χ0v) is 15.2. The summed E-state index contributed by atoms with van der Waals surface area (Å²) in [5.41, 5.74) is -3.13. The van der Waals surface area contributed by atoms with Crippen LogP contribution >= 0.6 is 0 Å². The van der Waals surface area contributed by atoms with E-state index in [4.69, 9.17) is 7.85 Å². The molecule has 2 N–H and O–H groups in total. The van der Waals surface area contributed by atoms with Crippen LogP contribution in [0, 0.1) is 5.82 Å². The summed E-state index contributed by atoms with van der Waals surface area (Å²) in [6.45, 7) is 0.416. The molecule has 6 nitrogen and oxygen atoms in total. The highest BCUT2D eigenvalue weighted by Gasteiger charge is 2.35. The molecule has 1 amide bonds. The minimum atomic E-state index is -4.82. The van der Waals surface area contributed by atoms with E-state index >= 15 is 0 Å². The summed E-state index contributed by atoms with van der Waals surface area (Å²) < 4.78 is 54.3. The van der Waals surface area contributed by atoms with Crippen LogP contribution in [-0.4, -0.2) is 40.2 Å². The monoisotopic (exact) mass is 416 g/mol. The van der Waals surface area contributed by atoms with Gasteiger partial charge >= 0.3 is 6.18 Å². The molecule has 0 spiro atoms. The molecule has 3 heterocycles. The lowest BCUT2D eigenvalue weighted by atomic mass is 9.72. The number of pyridine rings is 1. The highest BCUT2D eigenvalue weighted by Crippen LogP contribution is 2.34. The van der Waals surface area contributed by atoms with Crippen LogP contribution in [0.15, 0.2) is 42.7 Å². The van der Waals surface area contributed by atoms with Gasteiger partial charge < -0.3 is 10.4 Å². The highest BCUT2D eigenvalue weighted by atomic mass is 19.4. The van der Waals surface area contributed by atoms with Gasteiger partial charge in [0.2, 0.25) is 0 Å². The number of fused-ring (bicyclic) bond motifs is 1. The van der Waals surface area contributed by atoms with E-state index in [1.54, 1.807) is 0 Å². The highest BCUT2D eigenvalue weighted by molar-refractivity contribution is 6.16. The number of aromatic nitrogens is 3. The summed E-state index contributed by atoms with van der Waals surface area (Å²) in [6.07, 6.45) is -1.65. The van der Waals surface area contributed by atoms with Crippen LogP contribution in [0.2, 0.25) is 0 Å². The lowest BCUT2D eigenvalue weighted by Gasteiger charge is -2.26. The zero-order valence-electron chi connectivity index (χ0n) is 15.2. The van der Waals surface area contributed by atoms with E-state index < -0.39 is 28.6 Å². The quantitative estimate of drug-likeness (QED) is 0.506. The van der Waals surface area contributed by atoms with E-state index in [0.717, 1.165) is 0 Å². The molecule has 2 radical (unpaired) electrons. The van der Waals surface area contributed by atoms with Gasteiger partial charge in [-0.3, -0.25) is 9.78 Å². The van der Waals surface area contributed by atoms with Gasteiger partial charge in [-0.1, -0.05) is 0 Å². The third-order valence-corrected chi connectivity index (χ3v) is 4.80. The van der Waals surface area contributed by atoms with Gasteiger partial charge in [0.15, 0.2) is 0 Å². The molecule has 2 aromatic heterocycles. The molecule has 0 bridgehead atoms. The number of alkyl halides is 3. The van der Waals surface area contributed by atoms with Crippen LogP contribution in [0.1, 0.15) is 32.9 Å². The minimum Gasteiger partial charge on any atom is -0.389 e. The number of halogens is 4. The Hall–Kier alpha value is -3.21. The summed E-state index contributed by atoms with van der Waals surface area (Å²) in [7, 11) is 5.89. The standard InChI is InChI=1S/C19H13BF4N4O2/c20-18(30,10-5-11(19(22,23)24)7-12(21)6-10)16-8-13(1-3-25-16)28-15-2-4-26-17(29)14(15)9-27-28/h1,3,5-9,30H,2,4H2,(H,26,29). The first-order valence-corrected chi connectivity index (χ1v) is 8.79. The molecule has 1 unspecified atom stereocenters. The van der Waals surface area contributed by atoms with E-state index in [1.807, 2.05) is 0 Å². The van der Waals surface area contributed by atoms with E-state index in [0.29, 0.717) is 48.1 Å². The molecule has 0 saturated carbocycles. The number of amides is 1. The Labute approximate surface area is 169 Å². The van der Waals surface area contributed by atoms with E-state index in [-0.39, 0.29) is 11.6 Å². The largest absolute Gasteiger partial charge is 0.416 e. The maximum Gasteiger partial charge on any atom is 0.416 e. The van der Waals surface area contributed by atoms with Crippen LogP contribution in [0.5, 0.6) is 0 Å². The van der Waals surface area contributed by atoms with Crippen LogP contribution in [0.25, 0.3) is 5.69 Å². The number of carbonyl (C=O) groups excluding carboxylic acids is 1. The zero-order chi connectivity index (χ0) is 21.7. The Bertz CT molecular complexity index is 1140. The molecule has 1 aliphatic rings. The number of aliphatic hydroxyl groups is 1. The molecule has 0 saturated heterocycles. The number of hydrogen-bond acceptors (Lipinski definition) is 4. The van der Waals surface area contributed by atoms with Crippen molar-refractivity contribution in [2.75, 3.05) is 6.54 Å². The molecular weight excluding hydrogens is 403 g/mol. The molecule has 4 rings (SSSR count). The number of rotatable bonds is 3. The van der Waals surface area contributed by atoms with Crippen LogP contribution in [0.3, 0.4) is 0 Å². The Kier molecular flexibility index (Phi) is 4.65.